The molecular formula is C16H31NO. The minimum Gasteiger partial charge on any atom is -0.381 e. The lowest BCUT2D eigenvalue weighted by Gasteiger charge is -2.26. The van der Waals surface area contributed by atoms with Crippen LogP contribution in [0.25, 0.3) is 0 Å². The molecule has 2 nitrogen and oxygen atoms in total. The van der Waals surface area contributed by atoms with Crippen molar-refractivity contribution in [2.45, 2.75) is 64.3 Å². The molecule has 4 atom stereocenters. The highest BCUT2D eigenvalue weighted by atomic mass is 16.5. The fourth-order valence-corrected chi connectivity index (χ4v) is 3.96. The summed E-state index contributed by atoms with van der Waals surface area (Å²) in [5.74, 6) is 2.63. The molecule has 0 spiro atoms. The van der Waals surface area contributed by atoms with Gasteiger partial charge in [0, 0.05) is 19.3 Å². The summed E-state index contributed by atoms with van der Waals surface area (Å²) in [4.78, 5) is 0. The average Bonchev–Trinajstić information content (AvgIpc) is 2.82. The quantitative estimate of drug-likeness (QED) is 0.730. The van der Waals surface area contributed by atoms with E-state index < -0.39 is 0 Å². The third kappa shape index (κ3) is 4.24. The summed E-state index contributed by atoms with van der Waals surface area (Å²) >= 11 is 0. The van der Waals surface area contributed by atoms with Gasteiger partial charge in [0.1, 0.15) is 0 Å². The summed E-state index contributed by atoms with van der Waals surface area (Å²) in [5, 5.41) is 3.45. The molecule has 0 aromatic heterocycles. The summed E-state index contributed by atoms with van der Waals surface area (Å²) in [5.41, 5.74) is 0. The van der Waals surface area contributed by atoms with Gasteiger partial charge in [-0.05, 0) is 56.9 Å². The summed E-state index contributed by atoms with van der Waals surface area (Å²) in [7, 11) is 2.10. The van der Waals surface area contributed by atoms with Crippen LogP contribution < -0.4 is 5.32 Å². The Hall–Kier alpha value is -0.0800. The highest BCUT2D eigenvalue weighted by Gasteiger charge is 2.25. The van der Waals surface area contributed by atoms with Gasteiger partial charge in [-0.2, -0.15) is 0 Å². The Morgan fingerprint density at radius 1 is 1.11 bits per heavy atom. The molecule has 4 unspecified atom stereocenters. The molecule has 0 aromatic carbocycles. The van der Waals surface area contributed by atoms with Crippen molar-refractivity contribution in [3.8, 4) is 0 Å². The predicted octanol–water partition coefficient (Wildman–Crippen LogP) is 3.61. The molecule has 0 heterocycles. The Morgan fingerprint density at radius 3 is 2.72 bits per heavy atom. The molecule has 0 amide bonds. The van der Waals surface area contributed by atoms with Crippen LogP contribution in [-0.2, 0) is 4.74 Å². The van der Waals surface area contributed by atoms with Crippen molar-refractivity contribution in [1.82, 2.24) is 5.32 Å². The van der Waals surface area contributed by atoms with E-state index in [1.54, 1.807) is 0 Å². The number of nitrogens with one attached hydrogen (secondary N) is 1. The number of hydrogen-bond donors (Lipinski definition) is 1. The van der Waals surface area contributed by atoms with Crippen molar-refractivity contribution in [1.29, 1.82) is 0 Å². The molecule has 0 saturated heterocycles. The van der Waals surface area contributed by atoms with E-state index in [4.69, 9.17) is 4.74 Å². The van der Waals surface area contributed by atoms with Crippen LogP contribution in [0.4, 0.5) is 0 Å². The van der Waals surface area contributed by atoms with Crippen molar-refractivity contribution in [3.05, 3.63) is 0 Å². The van der Waals surface area contributed by atoms with E-state index in [1.165, 1.54) is 51.4 Å². The lowest BCUT2D eigenvalue weighted by Crippen LogP contribution is -2.29. The van der Waals surface area contributed by atoms with E-state index in [2.05, 4.69) is 19.3 Å². The van der Waals surface area contributed by atoms with Gasteiger partial charge in [-0.15, -0.1) is 0 Å². The Bertz CT molecular complexity index is 231. The van der Waals surface area contributed by atoms with E-state index in [0.717, 1.165) is 37.0 Å². The molecule has 106 valence electrons. The first-order valence-electron chi connectivity index (χ1n) is 8.04. The largest absolute Gasteiger partial charge is 0.381 e. The van der Waals surface area contributed by atoms with E-state index in [9.17, 15) is 0 Å². The molecule has 1 N–H and O–H groups in total. The molecule has 18 heavy (non-hydrogen) atoms. The molecule has 2 saturated carbocycles. The van der Waals surface area contributed by atoms with Crippen LogP contribution in [0.2, 0.25) is 0 Å². The van der Waals surface area contributed by atoms with Crippen LogP contribution in [0.3, 0.4) is 0 Å². The second-order valence-electron chi connectivity index (χ2n) is 6.59. The predicted molar refractivity (Wildman–Crippen MR) is 76.7 cm³/mol. The van der Waals surface area contributed by atoms with E-state index in [1.807, 2.05) is 0 Å². The van der Waals surface area contributed by atoms with Crippen LogP contribution >= 0.6 is 0 Å². The molecule has 2 aliphatic carbocycles. The summed E-state index contributed by atoms with van der Waals surface area (Å²) in [6.07, 6.45) is 11.1. The zero-order valence-corrected chi connectivity index (χ0v) is 12.3. The Balaban J connectivity index is 1.55. The van der Waals surface area contributed by atoms with Crippen molar-refractivity contribution < 1.29 is 4.74 Å². The van der Waals surface area contributed by atoms with E-state index >= 15 is 0 Å². The van der Waals surface area contributed by atoms with Gasteiger partial charge in [-0.25, -0.2) is 0 Å². The maximum atomic E-state index is 5.95. The van der Waals surface area contributed by atoms with Crippen LogP contribution in [0.15, 0.2) is 0 Å². The molecule has 2 aliphatic rings. The molecule has 0 bridgehead atoms. The van der Waals surface area contributed by atoms with Gasteiger partial charge in [0.25, 0.3) is 0 Å². The lowest BCUT2D eigenvalue weighted by molar-refractivity contribution is 0.0666. The molecule has 2 fully saturated rings. The van der Waals surface area contributed by atoms with E-state index in [0.29, 0.717) is 0 Å². The number of rotatable bonds is 6. The standard InChI is InChI=1S/C16H31NO/c1-13-5-3-6-14(11-13)12-18-10-9-15-7-4-8-16(15)17-2/h13-17H,3-12H2,1-2H3. The van der Waals surface area contributed by atoms with Gasteiger partial charge in [-0.1, -0.05) is 26.2 Å². The SMILES string of the molecule is CNC1CCCC1CCOCC1CCCC(C)C1. The Labute approximate surface area is 113 Å². The first-order chi connectivity index (χ1) is 8.79. The smallest absolute Gasteiger partial charge is 0.0494 e. The van der Waals surface area contributed by atoms with Crippen molar-refractivity contribution >= 4 is 0 Å². The lowest BCUT2D eigenvalue weighted by atomic mass is 9.83. The summed E-state index contributed by atoms with van der Waals surface area (Å²) in [6.45, 7) is 4.39. The Morgan fingerprint density at radius 2 is 1.94 bits per heavy atom. The fourth-order valence-electron chi connectivity index (χ4n) is 3.96. The summed E-state index contributed by atoms with van der Waals surface area (Å²) < 4.78 is 5.95. The van der Waals surface area contributed by atoms with Crippen LogP contribution in [0.5, 0.6) is 0 Å². The third-order valence-corrected chi connectivity index (χ3v) is 5.06. The van der Waals surface area contributed by atoms with Gasteiger partial charge in [0.2, 0.25) is 0 Å². The molecular weight excluding hydrogens is 222 g/mol. The molecule has 2 heteroatoms. The first-order valence-corrected chi connectivity index (χ1v) is 8.04. The monoisotopic (exact) mass is 253 g/mol. The van der Waals surface area contributed by atoms with Gasteiger partial charge >= 0.3 is 0 Å². The first kappa shape index (κ1) is 14.3. The maximum absolute atomic E-state index is 5.95. The second kappa shape index (κ2) is 7.49. The van der Waals surface area contributed by atoms with Crippen molar-refractivity contribution in [2.24, 2.45) is 17.8 Å². The highest BCUT2D eigenvalue weighted by Crippen LogP contribution is 2.30. The van der Waals surface area contributed by atoms with Crippen LogP contribution in [0, 0.1) is 17.8 Å². The maximum Gasteiger partial charge on any atom is 0.0494 e. The minimum atomic E-state index is 0.753. The zero-order valence-electron chi connectivity index (χ0n) is 12.3. The second-order valence-corrected chi connectivity index (χ2v) is 6.59. The van der Waals surface area contributed by atoms with Crippen molar-refractivity contribution in [2.75, 3.05) is 20.3 Å². The number of hydrogen-bond acceptors (Lipinski definition) is 2. The zero-order chi connectivity index (χ0) is 12.8. The summed E-state index contributed by atoms with van der Waals surface area (Å²) in [6, 6.07) is 0.753. The highest BCUT2D eigenvalue weighted by molar-refractivity contribution is 4.81. The van der Waals surface area contributed by atoms with Crippen molar-refractivity contribution in [3.63, 3.8) is 0 Å². The van der Waals surface area contributed by atoms with Gasteiger partial charge in [0.15, 0.2) is 0 Å². The average molecular weight is 253 g/mol. The fraction of sp³-hybridized carbons (Fsp3) is 1.00. The minimum absolute atomic E-state index is 0.753. The van der Waals surface area contributed by atoms with E-state index in [-0.39, 0.29) is 0 Å². The van der Waals surface area contributed by atoms with Gasteiger partial charge in [0.05, 0.1) is 0 Å². The molecule has 0 aromatic rings. The molecule has 2 rings (SSSR count). The normalized spacial score (nSPS) is 37.0. The molecule has 0 aliphatic heterocycles. The molecule has 0 radical (unpaired) electrons. The third-order valence-electron chi connectivity index (χ3n) is 5.06. The van der Waals surface area contributed by atoms with Crippen LogP contribution in [-0.4, -0.2) is 26.3 Å². The van der Waals surface area contributed by atoms with Gasteiger partial charge < -0.3 is 10.1 Å². The van der Waals surface area contributed by atoms with Gasteiger partial charge in [-0.3, -0.25) is 0 Å². The van der Waals surface area contributed by atoms with Crippen LogP contribution in [0.1, 0.15) is 58.3 Å². The Kier molecular flexibility index (Phi) is 5.97. The number of ether oxygens (including phenoxy) is 1. The topological polar surface area (TPSA) is 21.3 Å².